The molecular formula is C40H39N5O5S2. The Morgan fingerprint density at radius 2 is 1.40 bits per heavy atom. The molecule has 5 aromatic carbocycles. The van der Waals surface area contributed by atoms with E-state index < -0.39 is 31.9 Å². The number of rotatable bonds is 16. The van der Waals surface area contributed by atoms with E-state index >= 15 is 0 Å². The normalized spacial score (nSPS) is 13.2. The van der Waals surface area contributed by atoms with Crippen molar-refractivity contribution in [2.24, 2.45) is 0 Å². The molecule has 6 rings (SSSR count). The van der Waals surface area contributed by atoms with Crippen LogP contribution in [0.15, 0.2) is 161 Å². The van der Waals surface area contributed by atoms with E-state index in [1.165, 1.54) is 22.9 Å². The van der Waals surface area contributed by atoms with Gasteiger partial charge in [0.15, 0.2) is 9.84 Å². The highest BCUT2D eigenvalue weighted by atomic mass is 32.2. The molecule has 6 aromatic rings. The van der Waals surface area contributed by atoms with Crippen molar-refractivity contribution in [3.8, 4) is 11.3 Å². The number of benzene rings is 5. The molecule has 0 bridgehead atoms. The van der Waals surface area contributed by atoms with Crippen molar-refractivity contribution in [1.29, 1.82) is 0 Å². The van der Waals surface area contributed by atoms with Crippen LogP contribution in [0.4, 0.5) is 0 Å². The van der Waals surface area contributed by atoms with Crippen LogP contribution >= 0.6 is 0 Å². The number of nitrogens with zero attached hydrogens (tertiary/aromatic N) is 3. The summed E-state index contributed by atoms with van der Waals surface area (Å²) in [7, 11) is -7.58. The topological polar surface area (TPSA) is 140 Å². The van der Waals surface area contributed by atoms with E-state index in [2.05, 4.69) is 20.4 Å². The molecule has 2 atom stereocenters. The third kappa shape index (κ3) is 9.26. The molecule has 1 aromatic heterocycles. The molecule has 1 amide bonds. The number of hydrogen-bond donors (Lipinski definition) is 2. The Morgan fingerprint density at radius 3 is 2.15 bits per heavy atom. The molecule has 12 heteroatoms. The Kier molecular flexibility index (Phi) is 11.7. The van der Waals surface area contributed by atoms with Gasteiger partial charge in [0.05, 0.1) is 16.0 Å². The molecule has 0 aliphatic rings. The molecule has 1 heterocycles. The number of sulfone groups is 1. The number of fused-ring (bicyclic) bond motifs is 1. The van der Waals surface area contributed by atoms with Crippen LogP contribution in [0.3, 0.4) is 0 Å². The third-order valence-electron chi connectivity index (χ3n) is 8.64. The molecule has 0 spiro atoms. The van der Waals surface area contributed by atoms with Crippen LogP contribution in [-0.4, -0.2) is 50.3 Å². The monoisotopic (exact) mass is 733 g/mol. The molecule has 0 radical (unpaired) electrons. The number of sulfonamides is 1. The summed E-state index contributed by atoms with van der Waals surface area (Å²) in [5, 5.41) is 14.3. The van der Waals surface area contributed by atoms with E-state index in [0.717, 1.165) is 21.9 Å². The minimum atomic E-state index is -3.79. The lowest BCUT2D eigenvalue weighted by Gasteiger charge is -2.21. The van der Waals surface area contributed by atoms with Gasteiger partial charge in [-0.15, -0.1) is 5.10 Å². The molecule has 2 N–H and O–H groups in total. The molecule has 266 valence electrons. The predicted molar refractivity (Wildman–Crippen MR) is 202 cm³/mol. The zero-order chi connectivity index (χ0) is 36.4. The fraction of sp³-hybridized carbons (Fsp3) is 0.175. The summed E-state index contributed by atoms with van der Waals surface area (Å²) >= 11 is 0. The third-order valence-corrected chi connectivity index (χ3v) is 11.6. The maximum absolute atomic E-state index is 14.1. The second-order valence-electron chi connectivity index (χ2n) is 12.3. The summed E-state index contributed by atoms with van der Waals surface area (Å²) in [5.41, 5.74) is 2.38. The molecular weight excluding hydrogens is 695 g/mol. The quantitative estimate of drug-likeness (QED) is 0.108. The van der Waals surface area contributed by atoms with Crippen LogP contribution in [0.1, 0.15) is 30.9 Å². The highest BCUT2D eigenvalue weighted by molar-refractivity contribution is 7.94. The Bertz CT molecular complexity index is 2340. The van der Waals surface area contributed by atoms with E-state index in [4.69, 9.17) is 0 Å². The second-order valence-corrected chi connectivity index (χ2v) is 15.9. The van der Waals surface area contributed by atoms with Crippen molar-refractivity contribution in [3.05, 3.63) is 157 Å². The number of unbranched alkanes of at least 4 members (excludes halogenated alkanes) is 1. The van der Waals surface area contributed by atoms with Crippen LogP contribution in [-0.2, 0) is 31.1 Å². The van der Waals surface area contributed by atoms with Gasteiger partial charge in [-0.05, 0) is 48.4 Å². The summed E-state index contributed by atoms with van der Waals surface area (Å²) in [6, 6.07) is 38.1. The first-order valence-electron chi connectivity index (χ1n) is 17.0. The number of hydrogen-bond acceptors (Lipinski definition) is 7. The average molecular weight is 734 g/mol. The van der Waals surface area contributed by atoms with Crippen molar-refractivity contribution in [2.45, 2.75) is 47.6 Å². The van der Waals surface area contributed by atoms with Gasteiger partial charge < -0.3 is 5.32 Å². The average Bonchev–Trinajstić information content (AvgIpc) is 3.67. The number of carbonyl (C=O) groups is 1. The highest BCUT2D eigenvalue weighted by Crippen LogP contribution is 2.23. The zero-order valence-electron chi connectivity index (χ0n) is 28.3. The van der Waals surface area contributed by atoms with Gasteiger partial charge in [-0.25, -0.2) is 26.2 Å². The van der Waals surface area contributed by atoms with Gasteiger partial charge in [0.25, 0.3) is 0 Å². The van der Waals surface area contributed by atoms with E-state index in [1.54, 1.807) is 48.7 Å². The van der Waals surface area contributed by atoms with Gasteiger partial charge in [-0.1, -0.05) is 127 Å². The molecule has 0 aliphatic carbocycles. The molecule has 0 unspecified atom stereocenters. The van der Waals surface area contributed by atoms with Crippen molar-refractivity contribution < 1.29 is 21.6 Å². The van der Waals surface area contributed by atoms with Crippen LogP contribution in [0.2, 0.25) is 0 Å². The first kappa shape index (κ1) is 36.4. The lowest BCUT2D eigenvalue weighted by Crippen LogP contribution is -2.40. The number of amides is 1. The van der Waals surface area contributed by atoms with Gasteiger partial charge in [0.2, 0.25) is 15.9 Å². The van der Waals surface area contributed by atoms with Gasteiger partial charge in [-0.3, -0.25) is 4.79 Å². The summed E-state index contributed by atoms with van der Waals surface area (Å²) in [6.45, 7) is 0.163. The fourth-order valence-corrected chi connectivity index (χ4v) is 8.29. The minimum Gasteiger partial charge on any atom is -0.348 e. The molecule has 52 heavy (non-hydrogen) atoms. The van der Waals surface area contributed by atoms with Crippen molar-refractivity contribution in [2.75, 3.05) is 6.54 Å². The SMILES string of the molecule is O=C(N[C@H](/C=C/S(=O)(=O)c1ccccc1)CCCCNS(=O)(=O)c1cccc2ccccc12)[C@H](Cc1ccccc1)n1cc(-c2ccccc2)nn1. The summed E-state index contributed by atoms with van der Waals surface area (Å²) in [5.74, 6) is -0.364. The van der Waals surface area contributed by atoms with E-state index in [0.29, 0.717) is 36.8 Å². The van der Waals surface area contributed by atoms with Crippen molar-refractivity contribution in [1.82, 2.24) is 25.0 Å². The highest BCUT2D eigenvalue weighted by Gasteiger charge is 2.25. The number of nitrogens with one attached hydrogen (secondary N) is 2. The largest absolute Gasteiger partial charge is 0.348 e. The van der Waals surface area contributed by atoms with Gasteiger partial charge in [0.1, 0.15) is 11.7 Å². The van der Waals surface area contributed by atoms with Crippen LogP contribution in [0.25, 0.3) is 22.0 Å². The van der Waals surface area contributed by atoms with E-state index in [1.807, 2.05) is 78.9 Å². The maximum Gasteiger partial charge on any atom is 0.245 e. The molecule has 0 saturated carbocycles. The summed E-state index contributed by atoms with van der Waals surface area (Å²) in [4.78, 5) is 14.5. The Labute approximate surface area is 304 Å². The lowest BCUT2D eigenvalue weighted by atomic mass is 10.0. The van der Waals surface area contributed by atoms with Crippen molar-refractivity contribution >= 4 is 36.5 Å². The first-order chi connectivity index (χ1) is 25.2. The Hall–Kier alpha value is -5.43. The van der Waals surface area contributed by atoms with Crippen molar-refractivity contribution in [3.63, 3.8) is 0 Å². The number of aromatic nitrogens is 3. The molecule has 0 fully saturated rings. The van der Waals surface area contributed by atoms with Gasteiger partial charge in [0, 0.05) is 35.4 Å². The smallest absolute Gasteiger partial charge is 0.245 e. The van der Waals surface area contributed by atoms with Crippen LogP contribution < -0.4 is 10.0 Å². The van der Waals surface area contributed by atoms with Gasteiger partial charge in [-0.2, -0.15) is 0 Å². The fourth-order valence-electron chi connectivity index (χ4n) is 5.90. The first-order valence-corrected chi connectivity index (χ1v) is 20.0. The Morgan fingerprint density at radius 1 is 0.750 bits per heavy atom. The molecule has 10 nitrogen and oxygen atoms in total. The Balaban J connectivity index is 1.19. The summed E-state index contributed by atoms with van der Waals surface area (Å²) in [6.07, 6.45) is 4.83. The minimum absolute atomic E-state index is 0.136. The van der Waals surface area contributed by atoms with Crippen LogP contribution in [0.5, 0.6) is 0 Å². The number of carbonyl (C=O) groups excluding carboxylic acids is 1. The van der Waals surface area contributed by atoms with E-state index in [-0.39, 0.29) is 22.2 Å². The molecule has 0 aliphatic heterocycles. The van der Waals surface area contributed by atoms with Crippen LogP contribution in [0, 0.1) is 0 Å². The summed E-state index contributed by atoms with van der Waals surface area (Å²) < 4.78 is 57.0. The lowest BCUT2D eigenvalue weighted by molar-refractivity contribution is -0.125. The second kappa shape index (κ2) is 16.7. The molecule has 0 saturated heterocycles. The van der Waals surface area contributed by atoms with Gasteiger partial charge >= 0.3 is 0 Å². The van der Waals surface area contributed by atoms with E-state index in [9.17, 15) is 21.6 Å². The maximum atomic E-state index is 14.1. The zero-order valence-corrected chi connectivity index (χ0v) is 30.0. The standard InChI is InChI=1S/C40H39N5O5S2/c46-40(38(29-31-15-4-1-5-16-31)45-30-37(43-44-45)33-18-6-2-7-19-33)42-34(26-28-51(47,48)35-22-8-3-9-23-35)21-12-13-27-41-52(49,50)39-25-14-20-32-17-10-11-24-36(32)39/h1-11,14-20,22-26,28,30,34,38,41H,12-13,21,27,29H2,(H,42,46)/b28-26+/t34-,38-/m0/s1. The predicted octanol–water partition coefficient (Wildman–Crippen LogP) is 6.50.